The van der Waals surface area contributed by atoms with Crippen LogP contribution < -0.4 is 10.6 Å². The summed E-state index contributed by atoms with van der Waals surface area (Å²) >= 11 is 0. The van der Waals surface area contributed by atoms with Gasteiger partial charge in [0.25, 0.3) is 0 Å². The van der Waals surface area contributed by atoms with Gasteiger partial charge in [0, 0.05) is 12.8 Å². The van der Waals surface area contributed by atoms with E-state index in [1.54, 1.807) is 24.5 Å². The predicted molar refractivity (Wildman–Crippen MR) is 82.2 cm³/mol. The Morgan fingerprint density at radius 3 is 2.92 bits per heavy atom. The van der Waals surface area contributed by atoms with Crippen LogP contribution in [-0.2, 0) is 9.53 Å². The smallest absolute Gasteiger partial charge is 0.326 e. The van der Waals surface area contributed by atoms with Crippen molar-refractivity contribution in [2.45, 2.75) is 25.6 Å². The molecule has 1 fully saturated rings. The third-order valence-corrected chi connectivity index (χ3v) is 3.45. The normalized spacial score (nSPS) is 18.5. The summed E-state index contributed by atoms with van der Waals surface area (Å²) < 4.78 is 7.07. The summed E-state index contributed by atoms with van der Waals surface area (Å²) in [7, 11) is 0. The number of carbonyl (C=O) groups excluding carboxylic acids is 1. The molecule has 1 aliphatic rings. The molecule has 10 nitrogen and oxygen atoms in total. The first kappa shape index (κ1) is 16.1. The van der Waals surface area contributed by atoms with Crippen molar-refractivity contribution in [3.05, 3.63) is 32.1 Å². The van der Waals surface area contributed by atoms with Gasteiger partial charge in [0.15, 0.2) is 17.0 Å². The second kappa shape index (κ2) is 6.79. The molecule has 3 heterocycles. The van der Waals surface area contributed by atoms with Crippen LogP contribution in [0.2, 0.25) is 0 Å². The molecule has 3 N–H and O–H groups in total. The highest BCUT2D eigenvalue weighted by Gasteiger charge is 2.23. The lowest BCUT2D eigenvalue weighted by Gasteiger charge is -2.13. The van der Waals surface area contributed by atoms with Crippen molar-refractivity contribution in [3.8, 4) is 0 Å². The minimum atomic E-state index is -1.11. The number of anilines is 1. The number of hydrogen-bond acceptors (Lipinski definition) is 6. The van der Waals surface area contributed by atoms with E-state index in [2.05, 4.69) is 25.6 Å². The van der Waals surface area contributed by atoms with E-state index in [9.17, 15) is 9.59 Å². The summed E-state index contributed by atoms with van der Waals surface area (Å²) in [6, 6.07) is -1.66. The number of aromatic nitrogens is 4. The third kappa shape index (κ3) is 3.13. The highest BCUT2D eigenvalue weighted by Crippen LogP contribution is 2.28. The van der Waals surface area contributed by atoms with Gasteiger partial charge < -0.3 is 15.2 Å². The van der Waals surface area contributed by atoms with E-state index in [1.165, 1.54) is 12.7 Å². The molecule has 3 rings (SSSR count). The van der Waals surface area contributed by atoms with Gasteiger partial charge in [-0.25, -0.2) is 24.5 Å². The Hall–Kier alpha value is -2.75. The molecule has 0 aliphatic carbocycles. The van der Waals surface area contributed by atoms with Crippen molar-refractivity contribution in [2.75, 3.05) is 5.32 Å². The third-order valence-electron chi connectivity index (χ3n) is 3.45. The fraction of sp³-hybridized carbons (Fsp3) is 0.286. The first-order valence-corrected chi connectivity index (χ1v) is 7.23. The second-order valence-electron chi connectivity index (χ2n) is 4.99. The standard InChI is InChI=1S/C14H15N6O4/c1-2-8(13(21)22)18-14(23)19-11-10-12(16-6-15-11)20(7-17-10)9-4-3-5-24-9/h3-9H,2H2,1H3,(H,21,22)(H2,15,16,18,19,23)/t8-,9-/m1/s1. The maximum atomic E-state index is 12.0. The highest BCUT2D eigenvalue weighted by atomic mass is 16.5. The number of carboxylic acids is 1. The number of amides is 2. The Kier molecular flexibility index (Phi) is 4.56. The van der Waals surface area contributed by atoms with Crippen LogP contribution in [0, 0.1) is 19.4 Å². The van der Waals surface area contributed by atoms with Gasteiger partial charge in [-0.1, -0.05) is 6.92 Å². The Morgan fingerprint density at radius 2 is 2.25 bits per heavy atom. The van der Waals surface area contributed by atoms with Crippen LogP contribution >= 0.6 is 0 Å². The van der Waals surface area contributed by atoms with Crippen LogP contribution in [0.5, 0.6) is 0 Å². The molecular weight excluding hydrogens is 316 g/mol. The number of nitrogens with one attached hydrogen (secondary N) is 2. The van der Waals surface area contributed by atoms with Crippen molar-refractivity contribution >= 4 is 29.0 Å². The number of imidazole rings is 1. The van der Waals surface area contributed by atoms with E-state index < -0.39 is 18.0 Å². The topological polar surface area (TPSA) is 131 Å². The number of rotatable bonds is 5. The zero-order valence-electron chi connectivity index (χ0n) is 12.7. The lowest BCUT2D eigenvalue weighted by atomic mass is 10.2. The van der Waals surface area contributed by atoms with Crippen molar-refractivity contribution in [2.24, 2.45) is 0 Å². The van der Waals surface area contributed by atoms with Crippen LogP contribution in [0.25, 0.3) is 11.2 Å². The molecule has 3 radical (unpaired) electrons. The van der Waals surface area contributed by atoms with Crippen molar-refractivity contribution in [1.82, 2.24) is 24.8 Å². The van der Waals surface area contributed by atoms with Gasteiger partial charge >= 0.3 is 12.0 Å². The Balaban J connectivity index is 1.80. The first-order chi connectivity index (χ1) is 11.6. The molecule has 125 valence electrons. The van der Waals surface area contributed by atoms with E-state index >= 15 is 0 Å². The highest BCUT2D eigenvalue weighted by molar-refractivity contribution is 5.97. The molecule has 0 unspecified atom stereocenters. The predicted octanol–water partition coefficient (Wildman–Crippen LogP) is 0.910. The van der Waals surface area contributed by atoms with Gasteiger partial charge in [-0.05, 0) is 6.42 Å². The molecule has 10 heteroatoms. The van der Waals surface area contributed by atoms with E-state index in [4.69, 9.17) is 9.84 Å². The zero-order valence-corrected chi connectivity index (χ0v) is 12.7. The summed E-state index contributed by atoms with van der Waals surface area (Å²) in [5, 5.41) is 13.8. The molecule has 2 atom stereocenters. The quantitative estimate of drug-likeness (QED) is 0.742. The fourth-order valence-electron chi connectivity index (χ4n) is 2.24. The minimum absolute atomic E-state index is 0.183. The number of fused-ring (bicyclic) bond motifs is 1. The van der Waals surface area contributed by atoms with Gasteiger partial charge in [0.05, 0.1) is 12.9 Å². The average molecular weight is 331 g/mol. The Morgan fingerprint density at radius 1 is 1.42 bits per heavy atom. The maximum absolute atomic E-state index is 12.0. The molecular formula is C14H15N6O4. The van der Waals surface area contributed by atoms with Gasteiger partial charge in [0.1, 0.15) is 18.6 Å². The molecule has 0 spiro atoms. The molecule has 24 heavy (non-hydrogen) atoms. The maximum Gasteiger partial charge on any atom is 0.326 e. The molecule has 1 saturated heterocycles. The van der Waals surface area contributed by atoms with Gasteiger partial charge in [0.2, 0.25) is 0 Å². The van der Waals surface area contributed by atoms with E-state index in [0.717, 1.165) is 0 Å². The molecule has 1 aliphatic heterocycles. The zero-order chi connectivity index (χ0) is 17.1. The number of urea groups is 1. The number of carboxylic acid groups (broad SMARTS) is 1. The summed E-state index contributed by atoms with van der Waals surface area (Å²) in [5.74, 6) is -0.923. The molecule has 0 bridgehead atoms. The number of nitrogens with zero attached hydrogens (tertiary/aromatic N) is 4. The van der Waals surface area contributed by atoms with E-state index in [-0.39, 0.29) is 18.5 Å². The van der Waals surface area contributed by atoms with Crippen LogP contribution in [0.1, 0.15) is 19.6 Å². The lowest BCUT2D eigenvalue weighted by Crippen LogP contribution is -2.42. The lowest BCUT2D eigenvalue weighted by molar-refractivity contribution is -0.139. The monoisotopic (exact) mass is 331 g/mol. The summed E-state index contributed by atoms with van der Waals surface area (Å²) in [5.41, 5.74) is 0.857. The number of aliphatic carboxylic acids is 1. The van der Waals surface area contributed by atoms with Gasteiger partial charge in [-0.3, -0.25) is 9.88 Å². The van der Waals surface area contributed by atoms with Crippen LogP contribution in [0.4, 0.5) is 10.6 Å². The van der Waals surface area contributed by atoms with E-state index in [1.807, 2.05) is 6.42 Å². The largest absolute Gasteiger partial charge is 0.480 e. The van der Waals surface area contributed by atoms with Crippen molar-refractivity contribution in [1.29, 1.82) is 0 Å². The van der Waals surface area contributed by atoms with Gasteiger partial charge in [-0.15, -0.1) is 0 Å². The molecule has 2 aromatic heterocycles. The average Bonchev–Trinajstić information content (AvgIpc) is 3.21. The first-order valence-electron chi connectivity index (χ1n) is 7.23. The summed E-state index contributed by atoms with van der Waals surface area (Å²) in [6.07, 6.45) is 6.31. The van der Waals surface area contributed by atoms with Crippen LogP contribution in [-0.4, -0.2) is 42.7 Å². The van der Waals surface area contributed by atoms with Gasteiger partial charge in [-0.2, -0.15) is 0 Å². The molecule has 2 amide bonds. The molecule has 0 saturated carbocycles. The fourth-order valence-corrected chi connectivity index (χ4v) is 2.24. The van der Waals surface area contributed by atoms with Crippen LogP contribution in [0.3, 0.4) is 0 Å². The SMILES string of the molecule is CC[C@@H](NC(=O)Nc1ncnc2c1ncn2[C@H]1[CH][CH][CH]O1)C(=O)O. The van der Waals surface area contributed by atoms with E-state index in [0.29, 0.717) is 11.2 Å². The van der Waals surface area contributed by atoms with Crippen LogP contribution in [0.15, 0.2) is 12.7 Å². The number of ether oxygens (including phenoxy) is 1. The Bertz CT molecular complexity index is 755. The molecule has 2 aromatic rings. The summed E-state index contributed by atoms with van der Waals surface area (Å²) in [4.78, 5) is 35.3. The number of hydrogen-bond donors (Lipinski definition) is 3. The van der Waals surface area contributed by atoms with Crippen molar-refractivity contribution < 1.29 is 19.4 Å². The second-order valence-corrected chi connectivity index (χ2v) is 4.99. The Labute approximate surface area is 137 Å². The molecule has 0 aromatic carbocycles. The summed E-state index contributed by atoms with van der Waals surface area (Å²) in [6.45, 7) is 3.22. The number of carbonyl (C=O) groups is 2. The minimum Gasteiger partial charge on any atom is -0.480 e. The van der Waals surface area contributed by atoms with Crippen molar-refractivity contribution in [3.63, 3.8) is 0 Å².